The number of phosphoric acid groups is 3. The first kappa shape index (κ1) is 82.2. The topological polar surface area (TPSA) is 519 Å². The Kier molecular flexibility index (Phi) is 25.0. The lowest BCUT2D eigenvalue weighted by molar-refractivity contribution is -0.496. The van der Waals surface area contributed by atoms with Crippen molar-refractivity contribution in [1.29, 1.82) is 0 Å². The molecule has 37 heteroatoms. The number of aromatic carboxylic acids is 2. The SMILES string of the molecule is CCNc1cc2oc3cc(=[NH+]CC)c(C)cc-3c(-c3ccc(C(=O)NC(Cc4ccc(C#CCNC(=O)c5ccc(-c6c7ccc(=O)cc-7oc7cc(O)ccc67)c(C(=O)O)c5)cc4)C(=O)NCCCCCC(=O)NCC#Cc4nc5c(N)ncnc5n4[C@H]4CC[C@@H](OP(=O)(O)OP(=O)(O)OP(=O)(O)O)O4)cc3C(=O)O)c2cc1C. The third-order valence-corrected chi connectivity index (χ3v) is 22.2. The van der Waals surface area contributed by atoms with Crippen LogP contribution in [0.5, 0.6) is 5.75 Å². The molecule has 34 nitrogen and oxygen atoms in total. The number of aromatic hydroxyl groups is 1. The molecule has 2 aliphatic carbocycles. The van der Waals surface area contributed by atoms with E-state index in [-0.39, 0.29) is 124 Å². The summed E-state index contributed by atoms with van der Waals surface area (Å²) in [5.74, 6) is 6.93. The normalized spacial score (nSPS) is 14.9. The van der Waals surface area contributed by atoms with Crippen LogP contribution >= 0.6 is 23.5 Å². The van der Waals surface area contributed by atoms with Crippen molar-refractivity contribution in [1.82, 2.24) is 40.8 Å². The number of fused-ring (bicyclic) bond motifs is 5. The number of carboxylic acids is 2. The highest BCUT2D eigenvalue weighted by molar-refractivity contribution is 7.66. The van der Waals surface area contributed by atoms with Gasteiger partial charge in [0.25, 0.3) is 11.8 Å². The predicted octanol–water partition coefficient (Wildman–Crippen LogP) is 7.90. The molecule has 3 aliphatic heterocycles. The molecule has 5 aromatic carbocycles. The third-order valence-electron chi connectivity index (χ3n) is 18.3. The molecule has 1 fully saturated rings. The molecule has 594 valence electrons. The monoisotopic (exact) mass is 1630 g/mol. The van der Waals surface area contributed by atoms with Gasteiger partial charge in [0.1, 0.15) is 53.6 Å². The summed E-state index contributed by atoms with van der Waals surface area (Å²) < 4.78 is 67.6. The summed E-state index contributed by atoms with van der Waals surface area (Å²) in [4.78, 5) is 148. The van der Waals surface area contributed by atoms with E-state index >= 15 is 0 Å². The van der Waals surface area contributed by atoms with Crippen molar-refractivity contribution in [3.63, 3.8) is 0 Å². The number of amides is 4. The van der Waals surface area contributed by atoms with Crippen molar-refractivity contribution in [2.24, 2.45) is 0 Å². The van der Waals surface area contributed by atoms with Gasteiger partial charge < -0.3 is 80.8 Å². The number of anilines is 2. The van der Waals surface area contributed by atoms with Crippen LogP contribution in [0.4, 0.5) is 11.5 Å². The van der Waals surface area contributed by atoms with Crippen molar-refractivity contribution in [3.8, 4) is 74.3 Å². The predicted molar refractivity (Wildman–Crippen MR) is 416 cm³/mol. The maximum absolute atomic E-state index is 14.6. The number of benzene rings is 7. The molecule has 5 heterocycles. The van der Waals surface area contributed by atoms with E-state index in [1.54, 1.807) is 36.4 Å². The Morgan fingerprint density at radius 1 is 0.687 bits per heavy atom. The van der Waals surface area contributed by atoms with Gasteiger partial charge in [0.05, 0.1) is 30.3 Å². The lowest BCUT2D eigenvalue weighted by Crippen LogP contribution is -2.76. The van der Waals surface area contributed by atoms with Crippen LogP contribution in [0.1, 0.15) is 128 Å². The molecule has 2 aromatic heterocycles. The van der Waals surface area contributed by atoms with Crippen LogP contribution in [-0.2, 0) is 47.6 Å². The molecule has 12 rings (SSSR count). The second kappa shape index (κ2) is 35.0. The summed E-state index contributed by atoms with van der Waals surface area (Å²) >= 11 is 0. The van der Waals surface area contributed by atoms with Crippen LogP contribution in [0.2, 0.25) is 0 Å². The van der Waals surface area contributed by atoms with Gasteiger partial charge >= 0.3 is 35.4 Å². The highest BCUT2D eigenvalue weighted by Gasteiger charge is 2.44. The summed E-state index contributed by atoms with van der Waals surface area (Å²) in [7, 11) is -17.0. The Bertz CT molecular complexity index is 6080. The van der Waals surface area contributed by atoms with Crippen LogP contribution in [0.3, 0.4) is 0 Å². The number of rotatable bonds is 28. The van der Waals surface area contributed by atoms with Gasteiger partial charge in [-0.1, -0.05) is 48.4 Å². The molecule has 0 saturated carbocycles. The minimum atomic E-state index is -5.82. The van der Waals surface area contributed by atoms with Crippen LogP contribution in [-0.4, -0.2) is 135 Å². The van der Waals surface area contributed by atoms with Crippen LogP contribution in [0.15, 0.2) is 141 Å². The van der Waals surface area contributed by atoms with E-state index in [2.05, 4.69) is 78.8 Å². The van der Waals surface area contributed by atoms with Gasteiger partial charge in [-0.2, -0.15) is 8.62 Å². The highest BCUT2D eigenvalue weighted by atomic mass is 31.3. The average Bonchev–Trinajstić information content (AvgIpc) is 1.52. The van der Waals surface area contributed by atoms with E-state index in [9.17, 15) is 72.4 Å². The summed E-state index contributed by atoms with van der Waals surface area (Å²) in [6, 6.07) is 30.0. The molecule has 115 heavy (non-hydrogen) atoms. The number of carboxylic acid groups (broad SMARTS) is 2. The van der Waals surface area contributed by atoms with Gasteiger partial charge in [-0.15, -0.1) is 0 Å². The minimum Gasteiger partial charge on any atom is -0.508 e. The Morgan fingerprint density at radius 3 is 2.05 bits per heavy atom. The fraction of sp³-hybridized carbons (Fsp3) is 0.244. The van der Waals surface area contributed by atoms with E-state index in [1.165, 1.54) is 65.2 Å². The molecule has 0 bridgehead atoms. The number of aryl methyl sites for hydroxylation is 2. The number of phosphoric ester groups is 1. The number of hydrogen-bond donors (Lipinski definition) is 14. The molecule has 3 unspecified atom stereocenters. The van der Waals surface area contributed by atoms with Crippen molar-refractivity contribution >= 4 is 104 Å². The lowest BCUT2D eigenvalue weighted by atomic mass is 9.88. The Hall–Kier alpha value is -12.3. The first-order valence-corrected chi connectivity index (χ1v) is 40.3. The van der Waals surface area contributed by atoms with Crippen molar-refractivity contribution in [2.75, 3.05) is 43.8 Å². The van der Waals surface area contributed by atoms with Gasteiger partial charge in [-0.05, 0) is 148 Å². The number of carbonyl (C=O) groups excluding carboxylic acids is 4. The Labute approximate surface area is 653 Å². The zero-order valence-electron chi connectivity index (χ0n) is 61.7. The fourth-order valence-corrected chi connectivity index (χ4v) is 16.3. The number of nitrogens with one attached hydrogen (secondary N) is 6. The van der Waals surface area contributed by atoms with Crippen molar-refractivity contribution in [3.05, 3.63) is 194 Å². The number of phenols is 1. The van der Waals surface area contributed by atoms with E-state index < -0.39 is 71.7 Å². The molecular formula is C78H75N11O23P3+. The van der Waals surface area contributed by atoms with Gasteiger partial charge in [-0.3, -0.25) is 33.1 Å². The molecule has 15 N–H and O–H groups in total. The maximum Gasteiger partial charge on any atom is 0.490 e. The van der Waals surface area contributed by atoms with Crippen molar-refractivity contribution in [2.45, 2.75) is 91.2 Å². The lowest BCUT2D eigenvalue weighted by Gasteiger charge is -2.20. The van der Waals surface area contributed by atoms with Crippen LogP contribution in [0, 0.1) is 37.5 Å². The second-order valence-electron chi connectivity index (χ2n) is 26.4. The third kappa shape index (κ3) is 19.7. The molecule has 5 aliphatic rings. The standard InChI is InChI=1S/C78H74N11O23P3/c1-5-80-58-39-63-56(32-42(58)3)70(57-33-43(4)59(81-6-2)40-64(57)108-63)51-24-20-47(36-55(51)78(98)99)75(94)87-60(34-45-17-15-44(16-18-45)12-10-31-83-74(93)46-19-23-50(54(35-46)77(96)97)69-52-25-21-48(90)37-61(52)107-62-38-49(91)22-26-53(62)69)76(95)84-29-9-7-8-14-66(92)82-30-11-13-65-88-71-72(79)85-41-86-73(71)89(65)67-27-28-68(109-67)110-114(103,104)112-115(105,106)111-113(100,101)102/h15-26,32-33,35-41,60,67-68,80,90H,5-9,14,27-31,34H2,1-4H3,(H,82,92)(H,83,93)(H,84,95)(H,87,94)(H,96,97)(H,98,99)(H,103,104)(H,105,106)(H2,79,85,86)(H2,100,101,102)/p+1/t60?,67-,68-/m1/s1. The van der Waals surface area contributed by atoms with Gasteiger partial charge in [0.15, 0.2) is 34.5 Å². The number of nitrogens with zero attached hydrogens (tertiary/aromatic N) is 4. The maximum atomic E-state index is 14.6. The number of nitrogen functional groups attached to an aromatic ring is 1. The number of hydrogen-bond acceptors (Lipinski definition) is 22. The minimum absolute atomic E-state index is 0.000115. The van der Waals surface area contributed by atoms with Crippen molar-refractivity contribution < 1.29 is 109 Å². The number of ether oxygens (including phenoxy) is 1. The molecule has 0 radical (unpaired) electrons. The molecule has 5 atom stereocenters. The van der Waals surface area contributed by atoms with E-state index in [0.29, 0.717) is 93.4 Å². The fourth-order valence-electron chi connectivity index (χ4n) is 13.2. The van der Waals surface area contributed by atoms with E-state index in [1.807, 2.05) is 52.0 Å². The largest absolute Gasteiger partial charge is 0.508 e. The Balaban J connectivity index is 0.716. The number of nitrogens with two attached hydrogens (primary N) is 1. The Morgan fingerprint density at radius 2 is 1.36 bits per heavy atom. The van der Waals surface area contributed by atoms with Crippen LogP contribution in [0.25, 0.3) is 78.0 Å². The summed E-state index contributed by atoms with van der Waals surface area (Å²) in [6.45, 7) is 8.83. The molecule has 1 saturated heterocycles. The number of aromatic nitrogens is 4. The quantitative estimate of drug-likeness (QED) is 0.00958. The number of unbranched alkanes of at least 4 members (excludes halogenated alkanes) is 2. The molecular weight excluding hydrogens is 1550 g/mol. The number of carbonyl (C=O) groups is 6. The smallest absolute Gasteiger partial charge is 0.490 e. The number of imidazole rings is 1. The van der Waals surface area contributed by atoms with Gasteiger partial charge in [0, 0.05) is 112 Å². The second-order valence-corrected chi connectivity index (χ2v) is 30.8. The van der Waals surface area contributed by atoms with Crippen LogP contribution < -0.4 is 48.1 Å². The summed E-state index contributed by atoms with van der Waals surface area (Å²) in [5, 5.41) is 48.1. The first-order valence-electron chi connectivity index (χ1n) is 35.8. The number of phenolic OH excluding ortho intramolecular Hbond substituents is 1. The summed E-state index contributed by atoms with van der Waals surface area (Å²) in [6.07, 6.45) is -0.434. The highest BCUT2D eigenvalue weighted by Crippen LogP contribution is 2.67. The van der Waals surface area contributed by atoms with Gasteiger partial charge in [-0.25, -0.2) is 43.2 Å². The summed E-state index contributed by atoms with van der Waals surface area (Å²) in [5.41, 5.74) is 12.4. The zero-order valence-corrected chi connectivity index (χ0v) is 64.4. The average molecular weight is 1630 g/mol. The molecule has 0 spiro atoms. The molecule has 4 amide bonds. The van der Waals surface area contributed by atoms with E-state index in [4.69, 9.17) is 33.6 Å². The van der Waals surface area contributed by atoms with E-state index in [0.717, 1.165) is 28.5 Å². The molecule has 7 aromatic rings. The first-order chi connectivity index (χ1) is 54.8. The zero-order chi connectivity index (χ0) is 82.2. The van der Waals surface area contributed by atoms with Gasteiger partial charge in [0.2, 0.25) is 17.2 Å².